The van der Waals surface area contributed by atoms with Crippen LogP contribution in [-0.4, -0.2) is 33.6 Å². The smallest absolute Gasteiger partial charge is 0.416 e. The summed E-state index contributed by atoms with van der Waals surface area (Å²) >= 11 is 1.32. The Morgan fingerprint density at radius 2 is 2.00 bits per heavy atom. The lowest BCUT2D eigenvalue weighted by molar-refractivity contribution is -0.139. The van der Waals surface area contributed by atoms with Crippen molar-refractivity contribution in [3.05, 3.63) is 46.7 Å². The van der Waals surface area contributed by atoms with Crippen LogP contribution in [0.3, 0.4) is 0 Å². The SMILES string of the molecule is CCOC(=O)C1=C(C)Nc2nc(SC)nn2[C@H]1c1ccc(C(F)(F)F)cc1. The minimum atomic E-state index is -4.44. The van der Waals surface area contributed by atoms with Gasteiger partial charge in [-0.25, -0.2) is 9.48 Å². The maximum absolute atomic E-state index is 12.9. The molecule has 1 aliphatic rings. The van der Waals surface area contributed by atoms with Gasteiger partial charge in [-0.1, -0.05) is 23.9 Å². The molecule has 6 nitrogen and oxygen atoms in total. The molecule has 1 aromatic carbocycles. The standard InChI is InChI=1S/C17H17F3N4O2S/c1-4-26-14(25)12-9(2)21-15-22-16(27-3)23-24(15)13(12)10-5-7-11(8-6-10)17(18,19)20/h5-8,13H,4H2,1-3H3,(H,21,22,23)/t13-/m0/s1. The number of rotatable bonds is 4. The van der Waals surface area contributed by atoms with Crippen molar-refractivity contribution >= 4 is 23.7 Å². The zero-order valence-electron chi connectivity index (χ0n) is 14.8. The Kier molecular flexibility index (Phi) is 5.18. The molecular weight excluding hydrogens is 381 g/mol. The Bertz CT molecular complexity index is 891. The average Bonchev–Trinajstić information content (AvgIpc) is 3.02. The summed E-state index contributed by atoms with van der Waals surface area (Å²) in [5, 5.41) is 7.86. The molecule has 0 amide bonds. The van der Waals surface area contributed by atoms with Crippen molar-refractivity contribution in [3.63, 3.8) is 0 Å². The summed E-state index contributed by atoms with van der Waals surface area (Å²) in [6.45, 7) is 3.56. The highest BCUT2D eigenvalue weighted by Crippen LogP contribution is 2.37. The third-order valence-electron chi connectivity index (χ3n) is 4.06. The van der Waals surface area contributed by atoms with Gasteiger partial charge in [0.1, 0.15) is 6.04 Å². The molecule has 1 N–H and O–H groups in total. The number of aromatic nitrogens is 3. The number of alkyl halides is 3. The highest BCUT2D eigenvalue weighted by molar-refractivity contribution is 7.98. The molecule has 0 saturated heterocycles. The van der Waals surface area contributed by atoms with Crippen molar-refractivity contribution in [2.24, 2.45) is 0 Å². The maximum Gasteiger partial charge on any atom is 0.416 e. The van der Waals surface area contributed by atoms with Crippen molar-refractivity contribution in [1.29, 1.82) is 0 Å². The third-order valence-corrected chi connectivity index (χ3v) is 4.60. The second-order valence-corrected chi connectivity index (χ2v) is 6.55. The lowest BCUT2D eigenvalue weighted by Gasteiger charge is -2.28. The van der Waals surface area contributed by atoms with Crippen LogP contribution in [0.25, 0.3) is 0 Å². The second-order valence-electron chi connectivity index (χ2n) is 5.77. The van der Waals surface area contributed by atoms with Crippen LogP contribution in [0.15, 0.2) is 40.7 Å². The highest BCUT2D eigenvalue weighted by atomic mass is 32.2. The van der Waals surface area contributed by atoms with Gasteiger partial charge in [-0.15, -0.1) is 5.10 Å². The monoisotopic (exact) mass is 398 g/mol. The van der Waals surface area contributed by atoms with E-state index in [-0.39, 0.29) is 12.2 Å². The molecule has 1 atom stereocenters. The molecule has 0 unspecified atom stereocenters. The molecule has 0 fully saturated rings. The van der Waals surface area contributed by atoms with Gasteiger partial charge in [0.25, 0.3) is 0 Å². The summed E-state index contributed by atoms with van der Waals surface area (Å²) in [6.07, 6.45) is -2.63. The number of anilines is 1. The zero-order chi connectivity index (χ0) is 19.8. The number of carbonyl (C=O) groups excluding carboxylic acids is 1. The molecule has 27 heavy (non-hydrogen) atoms. The summed E-state index contributed by atoms with van der Waals surface area (Å²) in [5.74, 6) is -0.144. The number of ether oxygens (including phenoxy) is 1. The van der Waals surface area contributed by atoms with Crippen molar-refractivity contribution in [3.8, 4) is 0 Å². The molecular formula is C17H17F3N4O2S. The zero-order valence-corrected chi connectivity index (χ0v) is 15.6. The van der Waals surface area contributed by atoms with Gasteiger partial charge in [0.05, 0.1) is 17.7 Å². The van der Waals surface area contributed by atoms with Gasteiger partial charge < -0.3 is 10.1 Å². The van der Waals surface area contributed by atoms with Crippen molar-refractivity contribution in [2.45, 2.75) is 31.2 Å². The number of halogens is 3. The van der Waals surface area contributed by atoms with Gasteiger partial charge >= 0.3 is 12.1 Å². The molecule has 10 heteroatoms. The fourth-order valence-corrected chi connectivity index (χ4v) is 3.20. The molecule has 0 radical (unpaired) electrons. The lowest BCUT2D eigenvalue weighted by Crippen LogP contribution is -2.29. The van der Waals surface area contributed by atoms with Crippen LogP contribution in [0.5, 0.6) is 0 Å². The fourth-order valence-electron chi connectivity index (χ4n) is 2.85. The quantitative estimate of drug-likeness (QED) is 0.623. The minimum absolute atomic E-state index is 0.176. The van der Waals surface area contributed by atoms with E-state index < -0.39 is 23.8 Å². The van der Waals surface area contributed by atoms with Crippen LogP contribution in [0.1, 0.15) is 31.0 Å². The van der Waals surface area contributed by atoms with E-state index >= 15 is 0 Å². The summed E-state index contributed by atoms with van der Waals surface area (Å²) in [6, 6.07) is 3.92. The number of hydrogen-bond acceptors (Lipinski definition) is 6. The number of esters is 1. The topological polar surface area (TPSA) is 69.0 Å². The Hall–Kier alpha value is -2.49. The summed E-state index contributed by atoms with van der Waals surface area (Å²) in [5.41, 5.74) is 0.514. The molecule has 0 spiro atoms. The van der Waals surface area contributed by atoms with Gasteiger partial charge in [-0.3, -0.25) is 0 Å². The van der Waals surface area contributed by atoms with Crippen LogP contribution >= 0.6 is 11.8 Å². The van der Waals surface area contributed by atoms with Crippen LogP contribution in [-0.2, 0) is 15.7 Å². The first kappa shape index (κ1) is 19.3. The average molecular weight is 398 g/mol. The number of nitrogens with zero attached hydrogens (tertiary/aromatic N) is 3. The third kappa shape index (κ3) is 3.66. The number of nitrogens with one attached hydrogen (secondary N) is 1. The van der Waals surface area contributed by atoms with Gasteiger partial charge in [0.2, 0.25) is 11.1 Å². The van der Waals surface area contributed by atoms with Crippen molar-refractivity contribution in [2.75, 3.05) is 18.2 Å². The van der Waals surface area contributed by atoms with E-state index in [1.807, 2.05) is 0 Å². The largest absolute Gasteiger partial charge is 0.463 e. The summed E-state index contributed by atoms with van der Waals surface area (Å²) < 4.78 is 45.3. The van der Waals surface area contributed by atoms with E-state index in [0.29, 0.717) is 22.4 Å². The molecule has 0 saturated carbocycles. The Morgan fingerprint density at radius 3 is 2.56 bits per heavy atom. The molecule has 0 bridgehead atoms. The van der Waals surface area contributed by atoms with E-state index in [1.165, 1.54) is 28.6 Å². The number of hydrogen-bond donors (Lipinski definition) is 1. The van der Waals surface area contributed by atoms with Crippen LogP contribution in [0.2, 0.25) is 0 Å². The number of fused-ring (bicyclic) bond motifs is 1. The van der Waals surface area contributed by atoms with Gasteiger partial charge in [-0.2, -0.15) is 18.2 Å². The van der Waals surface area contributed by atoms with E-state index in [4.69, 9.17) is 4.74 Å². The first-order valence-electron chi connectivity index (χ1n) is 8.08. The highest BCUT2D eigenvalue weighted by Gasteiger charge is 2.36. The Balaban J connectivity index is 2.12. The Labute approximate surface area is 157 Å². The molecule has 1 aliphatic heterocycles. The fraction of sp³-hybridized carbons (Fsp3) is 0.353. The van der Waals surface area contributed by atoms with E-state index in [9.17, 15) is 18.0 Å². The predicted molar refractivity (Wildman–Crippen MR) is 94.3 cm³/mol. The minimum Gasteiger partial charge on any atom is -0.463 e. The van der Waals surface area contributed by atoms with Crippen molar-refractivity contribution < 1.29 is 22.7 Å². The normalized spacial score (nSPS) is 16.7. The van der Waals surface area contributed by atoms with Gasteiger partial charge in [0.15, 0.2) is 0 Å². The summed E-state index contributed by atoms with van der Waals surface area (Å²) in [7, 11) is 0. The van der Waals surface area contributed by atoms with Crippen LogP contribution in [0.4, 0.5) is 19.1 Å². The molecule has 3 rings (SSSR count). The number of allylic oxidation sites excluding steroid dienone is 1. The molecule has 2 heterocycles. The lowest BCUT2D eigenvalue weighted by atomic mass is 9.95. The van der Waals surface area contributed by atoms with Crippen LogP contribution < -0.4 is 5.32 Å². The number of thioether (sulfide) groups is 1. The molecule has 0 aliphatic carbocycles. The van der Waals surface area contributed by atoms with Gasteiger partial charge in [-0.05, 0) is 37.8 Å². The van der Waals surface area contributed by atoms with Gasteiger partial charge in [0, 0.05) is 5.70 Å². The maximum atomic E-state index is 12.9. The van der Waals surface area contributed by atoms with E-state index in [1.54, 1.807) is 20.1 Å². The van der Waals surface area contributed by atoms with E-state index in [0.717, 1.165) is 12.1 Å². The molecule has 144 valence electrons. The summed E-state index contributed by atoms with van der Waals surface area (Å²) in [4.78, 5) is 16.9. The number of benzene rings is 1. The van der Waals surface area contributed by atoms with Crippen molar-refractivity contribution in [1.82, 2.24) is 14.8 Å². The Morgan fingerprint density at radius 1 is 1.33 bits per heavy atom. The van der Waals surface area contributed by atoms with E-state index in [2.05, 4.69) is 15.4 Å². The predicted octanol–water partition coefficient (Wildman–Crippen LogP) is 3.87. The van der Waals surface area contributed by atoms with Crippen LogP contribution in [0, 0.1) is 0 Å². The number of carbonyl (C=O) groups is 1. The second kappa shape index (κ2) is 7.26. The molecule has 2 aromatic rings. The first-order chi connectivity index (χ1) is 12.8. The molecule has 1 aromatic heterocycles. The first-order valence-corrected chi connectivity index (χ1v) is 9.31.